The van der Waals surface area contributed by atoms with Gasteiger partial charge in [-0.2, -0.15) is 0 Å². The summed E-state index contributed by atoms with van der Waals surface area (Å²) in [6.07, 6.45) is 15.8. The summed E-state index contributed by atoms with van der Waals surface area (Å²) in [4.78, 5) is 28.1. The molecule has 0 amide bonds. The molecule has 3 aromatic heterocycles. The number of nitrogens with zero attached hydrogens (tertiary/aromatic N) is 4. The first-order chi connectivity index (χ1) is 17.2. The van der Waals surface area contributed by atoms with E-state index in [0.717, 1.165) is 33.7 Å². The van der Waals surface area contributed by atoms with E-state index in [9.17, 15) is 9.90 Å². The van der Waals surface area contributed by atoms with Gasteiger partial charge in [0, 0.05) is 54.1 Å². The summed E-state index contributed by atoms with van der Waals surface area (Å²) >= 11 is 0. The largest absolute Gasteiger partial charge is 0.481 e. The molecule has 0 atom stereocenters. The first-order valence-corrected chi connectivity index (χ1v) is 13.1. The number of aliphatic carboxylic acids is 1. The van der Waals surface area contributed by atoms with Gasteiger partial charge in [0.15, 0.2) is 0 Å². The maximum absolute atomic E-state index is 11.5. The van der Waals surface area contributed by atoms with Gasteiger partial charge < -0.3 is 15.3 Å². The Morgan fingerprint density at radius 1 is 1.00 bits per heavy atom. The standard InChI is InChI=1S/C28H33N5O2/c34-28(35)19-9-12-33(13-10-19)27-22-8-11-29-16-20(22)14-25(32-27)23-15-26(30-17-24(23)18-6-7-18)31-21-4-2-1-3-5-21/h8,11,14-19,21H,1-7,9-10,12-13H2,(H,30,31)(H,34,35). The molecule has 6 rings (SSSR count). The summed E-state index contributed by atoms with van der Waals surface area (Å²) in [6, 6.07) is 6.87. The summed E-state index contributed by atoms with van der Waals surface area (Å²) in [5, 5.41) is 15.3. The number of aromatic nitrogens is 3. The quantitative estimate of drug-likeness (QED) is 0.482. The molecule has 0 bridgehead atoms. The fourth-order valence-corrected chi connectivity index (χ4v) is 5.74. The van der Waals surface area contributed by atoms with E-state index in [2.05, 4.69) is 33.5 Å². The third kappa shape index (κ3) is 4.68. The molecule has 4 heterocycles. The van der Waals surface area contributed by atoms with E-state index in [1.54, 1.807) is 0 Å². The number of carbonyl (C=O) groups is 1. The molecule has 7 nitrogen and oxygen atoms in total. The Hall–Kier alpha value is -3.22. The van der Waals surface area contributed by atoms with Crippen molar-refractivity contribution in [3.8, 4) is 11.3 Å². The fourth-order valence-electron chi connectivity index (χ4n) is 5.74. The minimum atomic E-state index is -0.690. The molecule has 2 saturated carbocycles. The van der Waals surface area contributed by atoms with Gasteiger partial charge >= 0.3 is 5.97 Å². The van der Waals surface area contributed by atoms with E-state index < -0.39 is 5.97 Å². The van der Waals surface area contributed by atoms with Crippen molar-refractivity contribution in [1.82, 2.24) is 15.0 Å². The second kappa shape index (κ2) is 9.44. The highest BCUT2D eigenvalue weighted by atomic mass is 16.4. The molecule has 0 spiro atoms. The third-order valence-corrected chi connectivity index (χ3v) is 7.94. The monoisotopic (exact) mass is 471 g/mol. The lowest BCUT2D eigenvalue weighted by Crippen LogP contribution is -2.37. The Labute approximate surface area is 206 Å². The minimum Gasteiger partial charge on any atom is -0.481 e. The minimum absolute atomic E-state index is 0.266. The Balaban J connectivity index is 1.39. The molecule has 1 saturated heterocycles. The van der Waals surface area contributed by atoms with Crippen LogP contribution in [0.15, 0.2) is 36.8 Å². The van der Waals surface area contributed by atoms with Gasteiger partial charge in [-0.3, -0.25) is 9.78 Å². The maximum atomic E-state index is 11.5. The van der Waals surface area contributed by atoms with Crippen LogP contribution in [0.3, 0.4) is 0 Å². The number of pyridine rings is 3. The first-order valence-electron chi connectivity index (χ1n) is 13.1. The average Bonchev–Trinajstić information content (AvgIpc) is 3.74. The lowest BCUT2D eigenvalue weighted by atomic mass is 9.95. The number of hydrogen-bond acceptors (Lipinski definition) is 6. The zero-order valence-corrected chi connectivity index (χ0v) is 20.1. The van der Waals surface area contributed by atoms with Crippen molar-refractivity contribution in [3.05, 3.63) is 42.4 Å². The third-order valence-electron chi connectivity index (χ3n) is 7.94. The lowest BCUT2D eigenvalue weighted by Gasteiger charge is -2.32. The number of fused-ring (bicyclic) bond motifs is 1. The number of piperidine rings is 1. The first kappa shape index (κ1) is 22.3. The molecule has 0 radical (unpaired) electrons. The maximum Gasteiger partial charge on any atom is 0.306 e. The number of anilines is 2. The summed E-state index contributed by atoms with van der Waals surface area (Å²) < 4.78 is 0. The van der Waals surface area contributed by atoms with Gasteiger partial charge in [-0.15, -0.1) is 0 Å². The van der Waals surface area contributed by atoms with Gasteiger partial charge in [-0.1, -0.05) is 19.3 Å². The molecule has 35 heavy (non-hydrogen) atoms. The molecule has 182 valence electrons. The van der Waals surface area contributed by atoms with Crippen molar-refractivity contribution >= 4 is 28.4 Å². The molecule has 7 heteroatoms. The van der Waals surface area contributed by atoms with E-state index in [-0.39, 0.29) is 5.92 Å². The summed E-state index contributed by atoms with van der Waals surface area (Å²) in [6.45, 7) is 1.40. The van der Waals surface area contributed by atoms with Crippen molar-refractivity contribution in [2.75, 3.05) is 23.3 Å². The molecule has 2 N–H and O–H groups in total. The second-order valence-corrected chi connectivity index (χ2v) is 10.4. The van der Waals surface area contributed by atoms with Crippen molar-refractivity contribution in [2.24, 2.45) is 5.92 Å². The van der Waals surface area contributed by atoms with Gasteiger partial charge in [0.1, 0.15) is 11.6 Å². The molecule has 2 aliphatic carbocycles. The van der Waals surface area contributed by atoms with Crippen molar-refractivity contribution in [3.63, 3.8) is 0 Å². The van der Waals surface area contributed by atoms with E-state index in [1.807, 2.05) is 18.5 Å². The molecule has 1 aliphatic heterocycles. The van der Waals surface area contributed by atoms with Gasteiger partial charge in [-0.25, -0.2) is 9.97 Å². The van der Waals surface area contributed by atoms with Crippen LogP contribution in [-0.2, 0) is 4.79 Å². The lowest BCUT2D eigenvalue weighted by molar-refractivity contribution is -0.142. The van der Waals surface area contributed by atoms with Crippen LogP contribution in [0.2, 0.25) is 0 Å². The topological polar surface area (TPSA) is 91.2 Å². The van der Waals surface area contributed by atoms with Crippen LogP contribution >= 0.6 is 0 Å². The number of nitrogens with one attached hydrogen (secondary N) is 1. The highest BCUT2D eigenvalue weighted by molar-refractivity contribution is 5.95. The summed E-state index contributed by atoms with van der Waals surface area (Å²) in [5.74, 6) is 1.47. The zero-order valence-electron chi connectivity index (χ0n) is 20.1. The molecule has 3 aliphatic rings. The van der Waals surface area contributed by atoms with E-state index >= 15 is 0 Å². The molecular weight excluding hydrogens is 438 g/mol. The molecule has 3 fully saturated rings. The smallest absolute Gasteiger partial charge is 0.306 e. The predicted molar refractivity (Wildman–Crippen MR) is 138 cm³/mol. The SMILES string of the molecule is O=C(O)C1CCN(c2nc(-c3cc(NC4CCCCC4)ncc3C3CC3)cc3cnccc23)CC1. The number of hydrogen-bond donors (Lipinski definition) is 2. The Bertz CT molecular complexity index is 1230. The van der Waals surface area contributed by atoms with Crippen LogP contribution in [-0.4, -0.2) is 45.2 Å². The highest BCUT2D eigenvalue weighted by Crippen LogP contribution is 2.45. The van der Waals surface area contributed by atoms with Crippen LogP contribution in [0.4, 0.5) is 11.6 Å². The van der Waals surface area contributed by atoms with Crippen molar-refractivity contribution in [2.45, 2.75) is 69.7 Å². The predicted octanol–water partition coefficient (Wildman–Crippen LogP) is 5.61. The average molecular weight is 472 g/mol. The molecular formula is C28H33N5O2. The summed E-state index contributed by atoms with van der Waals surface area (Å²) in [7, 11) is 0. The van der Waals surface area contributed by atoms with Gasteiger partial charge in [0.05, 0.1) is 11.6 Å². The van der Waals surface area contributed by atoms with Crippen LogP contribution in [0, 0.1) is 5.92 Å². The number of carboxylic acid groups (broad SMARTS) is 1. The molecule has 3 aromatic rings. The fraction of sp³-hybridized carbons (Fsp3) is 0.500. The highest BCUT2D eigenvalue weighted by Gasteiger charge is 2.30. The number of rotatable bonds is 6. The Morgan fingerprint density at radius 3 is 2.54 bits per heavy atom. The van der Waals surface area contributed by atoms with Crippen molar-refractivity contribution in [1.29, 1.82) is 0 Å². The normalized spacial score (nSPS) is 19.7. The Morgan fingerprint density at radius 2 is 1.80 bits per heavy atom. The van der Waals surface area contributed by atoms with Crippen LogP contribution < -0.4 is 10.2 Å². The van der Waals surface area contributed by atoms with Crippen LogP contribution in [0.1, 0.15) is 69.3 Å². The van der Waals surface area contributed by atoms with Crippen LogP contribution in [0.25, 0.3) is 22.0 Å². The second-order valence-electron chi connectivity index (χ2n) is 10.4. The Kier molecular flexibility index (Phi) is 6.00. The van der Waals surface area contributed by atoms with Gasteiger partial charge in [-0.05, 0) is 68.2 Å². The molecule has 0 unspecified atom stereocenters. The van der Waals surface area contributed by atoms with Crippen LogP contribution in [0.5, 0.6) is 0 Å². The van der Waals surface area contributed by atoms with E-state index in [0.29, 0.717) is 37.9 Å². The van der Waals surface area contributed by atoms with E-state index in [4.69, 9.17) is 9.97 Å². The van der Waals surface area contributed by atoms with Gasteiger partial charge in [0.25, 0.3) is 0 Å². The molecule has 0 aromatic carbocycles. The summed E-state index contributed by atoms with van der Waals surface area (Å²) in [5.41, 5.74) is 3.40. The van der Waals surface area contributed by atoms with Gasteiger partial charge in [0.2, 0.25) is 0 Å². The van der Waals surface area contributed by atoms with E-state index in [1.165, 1.54) is 50.5 Å². The number of carboxylic acids is 1. The zero-order chi connectivity index (χ0) is 23.8. The van der Waals surface area contributed by atoms with Crippen molar-refractivity contribution < 1.29 is 9.90 Å².